The van der Waals surface area contributed by atoms with Gasteiger partial charge in [0.05, 0.1) is 6.61 Å². The number of likely N-dealkylation sites (tertiary alicyclic amines) is 1. The summed E-state index contributed by atoms with van der Waals surface area (Å²) >= 11 is 0. The smallest absolute Gasteiger partial charge is 0.165 e. The summed E-state index contributed by atoms with van der Waals surface area (Å²) in [6.07, 6.45) is 4.74. The molecule has 0 aromatic heterocycles. The molecule has 1 aromatic carbocycles. The van der Waals surface area contributed by atoms with Crippen LogP contribution in [0.3, 0.4) is 0 Å². The van der Waals surface area contributed by atoms with E-state index in [4.69, 9.17) is 10.5 Å². The summed E-state index contributed by atoms with van der Waals surface area (Å²) in [4.78, 5) is 2.38. The molecule has 4 heteroatoms. The molecule has 1 heterocycles. The van der Waals surface area contributed by atoms with E-state index >= 15 is 0 Å². The fourth-order valence-corrected chi connectivity index (χ4v) is 2.60. The minimum atomic E-state index is -0.319. The Hall–Kier alpha value is -1.13. The number of piperidine rings is 1. The number of rotatable bonds is 5. The van der Waals surface area contributed by atoms with Crippen LogP contribution in [-0.4, -0.2) is 31.1 Å². The van der Waals surface area contributed by atoms with Gasteiger partial charge in [0.1, 0.15) is 0 Å². The van der Waals surface area contributed by atoms with Gasteiger partial charge in [0.15, 0.2) is 11.6 Å². The van der Waals surface area contributed by atoms with Gasteiger partial charge in [-0.25, -0.2) is 4.39 Å². The van der Waals surface area contributed by atoms with E-state index in [0.717, 1.165) is 18.5 Å². The maximum Gasteiger partial charge on any atom is 0.165 e. The molecule has 0 saturated carbocycles. The molecule has 1 aliphatic rings. The molecule has 0 aliphatic carbocycles. The fourth-order valence-electron chi connectivity index (χ4n) is 2.60. The first kappa shape index (κ1) is 14.3. The molecule has 1 saturated heterocycles. The van der Waals surface area contributed by atoms with Crippen molar-refractivity contribution in [1.82, 2.24) is 4.90 Å². The Morgan fingerprint density at radius 3 is 2.95 bits per heavy atom. The number of halogens is 1. The predicted molar refractivity (Wildman–Crippen MR) is 74.7 cm³/mol. The van der Waals surface area contributed by atoms with Crippen LogP contribution in [0.15, 0.2) is 18.2 Å². The molecule has 1 aromatic rings. The fraction of sp³-hybridized carbons (Fsp3) is 0.600. The molecular weight excluding hydrogens is 243 g/mol. The van der Waals surface area contributed by atoms with Crippen LogP contribution in [0.5, 0.6) is 5.75 Å². The number of hydrogen-bond donors (Lipinski definition) is 1. The first-order valence-corrected chi connectivity index (χ1v) is 7.02. The highest BCUT2D eigenvalue weighted by molar-refractivity contribution is 5.29. The minimum absolute atomic E-state index is 0.319. The van der Waals surface area contributed by atoms with Crippen molar-refractivity contribution < 1.29 is 9.13 Å². The topological polar surface area (TPSA) is 38.5 Å². The molecule has 106 valence electrons. The quantitative estimate of drug-likeness (QED) is 0.890. The average molecular weight is 266 g/mol. The summed E-state index contributed by atoms with van der Waals surface area (Å²) in [5.74, 6) is 0.00983. The number of benzene rings is 1. The van der Waals surface area contributed by atoms with E-state index in [1.807, 2.05) is 6.07 Å². The van der Waals surface area contributed by atoms with E-state index in [1.165, 1.54) is 25.3 Å². The second kappa shape index (κ2) is 6.87. The van der Waals surface area contributed by atoms with Gasteiger partial charge < -0.3 is 15.4 Å². The molecule has 0 radical (unpaired) electrons. The predicted octanol–water partition coefficient (Wildman–Crippen LogP) is 2.54. The van der Waals surface area contributed by atoms with E-state index in [2.05, 4.69) is 11.9 Å². The summed E-state index contributed by atoms with van der Waals surface area (Å²) in [7, 11) is 2.15. The third-order valence-corrected chi connectivity index (χ3v) is 3.86. The van der Waals surface area contributed by atoms with E-state index in [0.29, 0.717) is 24.9 Å². The lowest BCUT2D eigenvalue weighted by atomic mass is 10.0. The molecule has 2 rings (SSSR count). The van der Waals surface area contributed by atoms with Crippen molar-refractivity contribution in [3.8, 4) is 5.75 Å². The highest BCUT2D eigenvalue weighted by Gasteiger charge is 2.18. The zero-order valence-electron chi connectivity index (χ0n) is 11.6. The van der Waals surface area contributed by atoms with Crippen molar-refractivity contribution in [2.45, 2.75) is 38.3 Å². The van der Waals surface area contributed by atoms with Gasteiger partial charge in [-0.3, -0.25) is 0 Å². The Morgan fingerprint density at radius 2 is 2.26 bits per heavy atom. The zero-order chi connectivity index (χ0) is 13.7. The number of nitrogens with zero attached hydrogens (tertiary/aromatic N) is 1. The van der Waals surface area contributed by atoms with E-state index in [1.54, 1.807) is 6.07 Å². The Balaban J connectivity index is 1.82. The second-order valence-electron chi connectivity index (χ2n) is 5.24. The van der Waals surface area contributed by atoms with Gasteiger partial charge in [-0.05, 0) is 50.6 Å². The van der Waals surface area contributed by atoms with Gasteiger partial charge in [0.2, 0.25) is 0 Å². The van der Waals surface area contributed by atoms with Crippen molar-refractivity contribution in [2.75, 3.05) is 20.2 Å². The Labute approximate surface area is 114 Å². The first-order chi connectivity index (χ1) is 9.20. The summed E-state index contributed by atoms with van der Waals surface area (Å²) in [6, 6.07) is 5.50. The number of hydrogen-bond acceptors (Lipinski definition) is 3. The molecule has 1 unspecified atom stereocenters. The molecule has 0 amide bonds. The summed E-state index contributed by atoms with van der Waals surface area (Å²) < 4.78 is 19.2. The largest absolute Gasteiger partial charge is 0.490 e. The summed E-state index contributed by atoms with van der Waals surface area (Å²) in [6.45, 7) is 2.07. The van der Waals surface area contributed by atoms with Crippen LogP contribution >= 0.6 is 0 Å². The zero-order valence-corrected chi connectivity index (χ0v) is 11.6. The molecule has 2 N–H and O–H groups in total. The number of nitrogens with two attached hydrogens (primary N) is 1. The van der Waals surface area contributed by atoms with Crippen LogP contribution in [0, 0.1) is 5.82 Å². The van der Waals surface area contributed by atoms with E-state index in [9.17, 15) is 4.39 Å². The normalized spacial score (nSPS) is 20.5. The maximum absolute atomic E-state index is 13.7. The van der Waals surface area contributed by atoms with Gasteiger partial charge in [-0.2, -0.15) is 0 Å². The third kappa shape index (κ3) is 3.91. The lowest BCUT2D eigenvalue weighted by molar-refractivity contribution is 0.151. The molecule has 0 bridgehead atoms. The Bertz CT molecular complexity index is 411. The first-order valence-electron chi connectivity index (χ1n) is 7.02. The SMILES string of the molecule is CN1CCCCC1CCOc1ccc(CN)cc1F. The van der Waals surface area contributed by atoms with Crippen LogP contribution in [-0.2, 0) is 6.54 Å². The van der Waals surface area contributed by atoms with Gasteiger partial charge >= 0.3 is 0 Å². The van der Waals surface area contributed by atoms with Gasteiger partial charge in [-0.1, -0.05) is 12.5 Å². The van der Waals surface area contributed by atoms with Crippen molar-refractivity contribution in [3.63, 3.8) is 0 Å². The summed E-state index contributed by atoms with van der Waals surface area (Å²) in [5, 5.41) is 0. The lowest BCUT2D eigenvalue weighted by Crippen LogP contribution is -2.37. The molecule has 1 atom stereocenters. The lowest BCUT2D eigenvalue weighted by Gasteiger charge is -2.32. The van der Waals surface area contributed by atoms with Crippen LogP contribution in [0.4, 0.5) is 4.39 Å². The van der Waals surface area contributed by atoms with E-state index in [-0.39, 0.29) is 5.82 Å². The van der Waals surface area contributed by atoms with E-state index < -0.39 is 0 Å². The summed E-state index contributed by atoms with van der Waals surface area (Å²) in [5.41, 5.74) is 6.26. The van der Waals surface area contributed by atoms with Crippen LogP contribution in [0.1, 0.15) is 31.2 Å². The number of ether oxygens (including phenoxy) is 1. The molecule has 1 fully saturated rings. The Kier molecular flexibility index (Phi) is 5.16. The maximum atomic E-state index is 13.7. The van der Waals surface area contributed by atoms with Crippen LogP contribution < -0.4 is 10.5 Å². The van der Waals surface area contributed by atoms with Crippen LogP contribution in [0.25, 0.3) is 0 Å². The molecular formula is C15H23FN2O. The van der Waals surface area contributed by atoms with Crippen molar-refractivity contribution in [3.05, 3.63) is 29.6 Å². The third-order valence-electron chi connectivity index (χ3n) is 3.86. The van der Waals surface area contributed by atoms with Gasteiger partial charge in [0, 0.05) is 12.6 Å². The van der Waals surface area contributed by atoms with Crippen molar-refractivity contribution >= 4 is 0 Å². The molecule has 1 aliphatic heterocycles. The minimum Gasteiger partial charge on any atom is -0.490 e. The highest BCUT2D eigenvalue weighted by Crippen LogP contribution is 2.21. The monoisotopic (exact) mass is 266 g/mol. The van der Waals surface area contributed by atoms with Crippen molar-refractivity contribution in [1.29, 1.82) is 0 Å². The van der Waals surface area contributed by atoms with Crippen molar-refractivity contribution in [2.24, 2.45) is 5.73 Å². The second-order valence-corrected chi connectivity index (χ2v) is 5.24. The molecule has 3 nitrogen and oxygen atoms in total. The standard InChI is InChI=1S/C15H23FN2O/c1-18-8-3-2-4-13(18)7-9-19-15-6-5-12(11-17)10-14(15)16/h5-6,10,13H,2-4,7-9,11,17H2,1H3. The molecule has 0 spiro atoms. The Morgan fingerprint density at radius 1 is 1.42 bits per heavy atom. The van der Waals surface area contributed by atoms with Gasteiger partial charge in [0.25, 0.3) is 0 Å². The molecule has 19 heavy (non-hydrogen) atoms. The van der Waals surface area contributed by atoms with Crippen LogP contribution in [0.2, 0.25) is 0 Å². The van der Waals surface area contributed by atoms with Gasteiger partial charge in [-0.15, -0.1) is 0 Å². The average Bonchev–Trinajstić information content (AvgIpc) is 2.42. The highest BCUT2D eigenvalue weighted by atomic mass is 19.1.